The van der Waals surface area contributed by atoms with Gasteiger partial charge in [0.25, 0.3) is 11.4 Å². The average Bonchev–Trinajstić information content (AvgIpc) is 2.60. The van der Waals surface area contributed by atoms with Gasteiger partial charge in [0.15, 0.2) is 0 Å². The molecule has 0 saturated carbocycles. The molecule has 126 valence electrons. The number of nitrogens with zero attached hydrogens (tertiary/aromatic N) is 3. The van der Waals surface area contributed by atoms with Gasteiger partial charge in [-0.25, -0.2) is 4.98 Å². The van der Waals surface area contributed by atoms with E-state index in [9.17, 15) is 20.2 Å². The predicted molar refractivity (Wildman–Crippen MR) is 92.0 cm³/mol. The summed E-state index contributed by atoms with van der Waals surface area (Å²) in [4.78, 5) is 25.0. The van der Waals surface area contributed by atoms with Crippen LogP contribution in [0.5, 0.6) is 5.75 Å². The van der Waals surface area contributed by atoms with Gasteiger partial charge >= 0.3 is 0 Å². The summed E-state index contributed by atoms with van der Waals surface area (Å²) >= 11 is 6.19. The van der Waals surface area contributed by atoms with Crippen LogP contribution in [-0.4, -0.2) is 21.9 Å². The SMILES string of the molecule is COc1ccc(-c2cc3c([N+](=O)[O-])cc([N+](=O)[O-])cc3nc2Cl)cc1. The van der Waals surface area contributed by atoms with E-state index in [1.165, 1.54) is 13.2 Å². The van der Waals surface area contributed by atoms with Crippen molar-refractivity contribution in [3.8, 4) is 16.9 Å². The van der Waals surface area contributed by atoms with Crippen LogP contribution in [0.25, 0.3) is 22.0 Å². The van der Waals surface area contributed by atoms with Crippen molar-refractivity contribution in [2.75, 3.05) is 7.11 Å². The number of nitro benzene ring substituents is 2. The number of methoxy groups -OCH3 is 1. The first-order valence-corrected chi connectivity index (χ1v) is 7.36. The molecule has 0 atom stereocenters. The highest BCUT2D eigenvalue weighted by Gasteiger charge is 2.22. The third-order valence-electron chi connectivity index (χ3n) is 3.66. The van der Waals surface area contributed by atoms with Crippen molar-refractivity contribution in [3.05, 3.63) is 67.8 Å². The van der Waals surface area contributed by atoms with Crippen molar-refractivity contribution in [3.63, 3.8) is 0 Å². The summed E-state index contributed by atoms with van der Waals surface area (Å²) in [5.74, 6) is 0.648. The largest absolute Gasteiger partial charge is 0.497 e. The monoisotopic (exact) mass is 359 g/mol. The molecule has 0 aliphatic carbocycles. The van der Waals surface area contributed by atoms with E-state index in [2.05, 4.69) is 4.98 Å². The summed E-state index contributed by atoms with van der Waals surface area (Å²) in [5.41, 5.74) is 0.438. The number of pyridine rings is 1. The fourth-order valence-corrected chi connectivity index (χ4v) is 2.70. The molecule has 0 amide bonds. The molecule has 0 aliphatic rings. The molecule has 0 spiro atoms. The quantitative estimate of drug-likeness (QED) is 0.388. The van der Waals surface area contributed by atoms with E-state index in [0.717, 1.165) is 12.1 Å². The summed E-state index contributed by atoms with van der Waals surface area (Å²) in [7, 11) is 1.54. The maximum Gasteiger partial charge on any atom is 0.285 e. The minimum Gasteiger partial charge on any atom is -0.497 e. The summed E-state index contributed by atoms with van der Waals surface area (Å²) in [5, 5.41) is 22.5. The molecule has 1 aromatic heterocycles. The van der Waals surface area contributed by atoms with Crippen LogP contribution in [0, 0.1) is 20.2 Å². The number of ether oxygens (including phenoxy) is 1. The normalized spacial score (nSPS) is 10.6. The Hall–Kier alpha value is -3.26. The summed E-state index contributed by atoms with van der Waals surface area (Å²) < 4.78 is 5.09. The Morgan fingerprint density at radius 2 is 1.72 bits per heavy atom. The van der Waals surface area contributed by atoms with E-state index in [1.54, 1.807) is 24.3 Å². The zero-order valence-electron chi connectivity index (χ0n) is 12.8. The van der Waals surface area contributed by atoms with Crippen molar-refractivity contribution in [2.24, 2.45) is 0 Å². The van der Waals surface area contributed by atoms with Gasteiger partial charge in [0.05, 0.1) is 33.9 Å². The van der Waals surface area contributed by atoms with Gasteiger partial charge in [0.1, 0.15) is 10.9 Å². The van der Waals surface area contributed by atoms with Gasteiger partial charge in [-0.3, -0.25) is 20.2 Å². The van der Waals surface area contributed by atoms with Crippen LogP contribution in [-0.2, 0) is 0 Å². The van der Waals surface area contributed by atoms with Gasteiger partial charge in [-0.2, -0.15) is 0 Å². The van der Waals surface area contributed by atoms with Crippen molar-refractivity contribution < 1.29 is 14.6 Å². The number of benzene rings is 2. The lowest BCUT2D eigenvalue weighted by molar-refractivity contribution is -0.393. The zero-order valence-corrected chi connectivity index (χ0v) is 13.6. The second kappa shape index (κ2) is 6.33. The fourth-order valence-electron chi connectivity index (χ4n) is 2.45. The first-order chi connectivity index (χ1) is 11.9. The number of halogens is 1. The Bertz CT molecular complexity index is 1000. The second-order valence-electron chi connectivity index (χ2n) is 5.10. The van der Waals surface area contributed by atoms with Crippen LogP contribution in [0.4, 0.5) is 11.4 Å². The number of hydrogen-bond acceptors (Lipinski definition) is 6. The molecule has 0 aliphatic heterocycles. The second-order valence-corrected chi connectivity index (χ2v) is 5.46. The molecule has 9 heteroatoms. The van der Waals surface area contributed by atoms with Crippen LogP contribution in [0.1, 0.15) is 0 Å². The van der Waals surface area contributed by atoms with E-state index in [-0.39, 0.29) is 16.1 Å². The fraction of sp³-hybridized carbons (Fsp3) is 0.0625. The Labute approximate surface area is 145 Å². The van der Waals surface area contributed by atoms with E-state index in [4.69, 9.17) is 16.3 Å². The van der Waals surface area contributed by atoms with Crippen molar-refractivity contribution >= 4 is 33.9 Å². The zero-order chi connectivity index (χ0) is 18.1. The number of fused-ring (bicyclic) bond motifs is 1. The Morgan fingerprint density at radius 3 is 2.28 bits per heavy atom. The van der Waals surface area contributed by atoms with Crippen LogP contribution < -0.4 is 4.74 Å². The van der Waals surface area contributed by atoms with Crippen LogP contribution >= 0.6 is 11.6 Å². The summed E-state index contributed by atoms with van der Waals surface area (Å²) in [6.07, 6.45) is 0. The third-order valence-corrected chi connectivity index (χ3v) is 3.95. The molecule has 0 saturated heterocycles. The van der Waals surface area contributed by atoms with Crippen LogP contribution in [0.15, 0.2) is 42.5 Å². The first kappa shape index (κ1) is 16.6. The van der Waals surface area contributed by atoms with Gasteiger partial charge in [-0.05, 0) is 23.8 Å². The predicted octanol–water partition coefficient (Wildman–Crippen LogP) is 4.38. The van der Waals surface area contributed by atoms with Gasteiger partial charge in [0, 0.05) is 11.6 Å². The molecule has 0 bridgehead atoms. The Morgan fingerprint density at radius 1 is 1.04 bits per heavy atom. The third kappa shape index (κ3) is 3.07. The molecule has 3 aromatic rings. The summed E-state index contributed by atoms with van der Waals surface area (Å²) in [6.45, 7) is 0. The highest BCUT2D eigenvalue weighted by atomic mass is 35.5. The highest BCUT2D eigenvalue weighted by Crippen LogP contribution is 2.36. The molecule has 0 N–H and O–H groups in total. The minimum atomic E-state index is -0.709. The number of nitro groups is 2. The van der Waals surface area contributed by atoms with Gasteiger partial charge in [-0.15, -0.1) is 0 Å². The maximum atomic E-state index is 11.3. The molecule has 8 nitrogen and oxygen atoms in total. The Balaban J connectivity index is 2.26. The lowest BCUT2D eigenvalue weighted by atomic mass is 10.0. The van der Waals surface area contributed by atoms with Crippen molar-refractivity contribution in [1.82, 2.24) is 4.98 Å². The topological polar surface area (TPSA) is 108 Å². The molecular weight excluding hydrogens is 350 g/mol. The molecule has 0 unspecified atom stereocenters. The maximum absolute atomic E-state index is 11.3. The molecule has 2 aromatic carbocycles. The lowest BCUT2D eigenvalue weighted by Gasteiger charge is -2.08. The highest BCUT2D eigenvalue weighted by molar-refractivity contribution is 6.32. The molecule has 25 heavy (non-hydrogen) atoms. The van der Waals surface area contributed by atoms with E-state index < -0.39 is 21.2 Å². The van der Waals surface area contributed by atoms with Gasteiger partial charge in [-0.1, -0.05) is 23.7 Å². The Kier molecular flexibility index (Phi) is 4.20. The van der Waals surface area contributed by atoms with Crippen molar-refractivity contribution in [2.45, 2.75) is 0 Å². The summed E-state index contributed by atoms with van der Waals surface area (Å²) in [6, 6.07) is 10.5. The van der Waals surface area contributed by atoms with Crippen molar-refractivity contribution in [1.29, 1.82) is 0 Å². The first-order valence-electron chi connectivity index (χ1n) is 6.98. The number of rotatable bonds is 4. The molecule has 3 rings (SSSR count). The van der Waals surface area contributed by atoms with Gasteiger partial charge in [0.2, 0.25) is 0 Å². The molecular formula is C16H10ClN3O5. The molecule has 0 fully saturated rings. The van der Waals surface area contributed by atoms with E-state index in [1.807, 2.05) is 0 Å². The van der Waals surface area contributed by atoms with Crippen LogP contribution in [0.3, 0.4) is 0 Å². The van der Waals surface area contributed by atoms with Gasteiger partial charge < -0.3 is 4.74 Å². The van der Waals surface area contributed by atoms with Crippen LogP contribution in [0.2, 0.25) is 5.15 Å². The molecule has 1 heterocycles. The minimum absolute atomic E-state index is 0.0863. The average molecular weight is 360 g/mol. The van der Waals surface area contributed by atoms with E-state index >= 15 is 0 Å². The van der Waals surface area contributed by atoms with E-state index in [0.29, 0.717) is 16.9 Å². The number of non-ortho nitro benzene ring substituents is 2. The lowest BCUT2D eigenvalue weighted by Crippen LogP contribution is -1.96. The number of aromatic nitrogens is 1. The standard InChI is InChI=1S/C16H10ClN3O5/c1-25-11-4-2-9(3-5-11)12-8-13-14(18-16(12)17)6-10(19(21)22)7-15(13)20(23)24/h2-8H,1H3. The number of hydrogen-bond donors (Lipinski definition) is 0. The smallest absolute Gasteiger partial charge is 0.285 e. The molecule has 0 radical (unpaired) electrons.